The molecule has 0 saturated heterocycles. The molecule has 2 N–H and O–H groups in total. The zero-order valence-electron chi connectivity index (χ0n) is 13.4. The highest BCUT2D eigenvalue weighted by molar-refractivity contribution is 6.33. The number of rotatable bonds is 6. The van der Waals surface area contributed by atoms with Crippen LogP contribution in [0.4, 0.5) is 11.5 Å². The van der Waals surface area contributed by atoms with Crippen molar-refractivity contribution in [2.24, 2.45) is 0 Å². The Bertz CT molecular complexity index is 687. The van der Waals surface area contributed by atoms with E-state index in [-0.39, 0.29) is 10.6 Å². The summed E-state index contributed by atoms with van der Waals surface area (Å²) in [6.45, 7) is 4.77. The monoisotopic (exact) mass is 333 g/mol. The molecule has 5 nitrogen and oxygen atoms in total. The molecule has 1 aromatic heterocycles. The zero-order chi connectivity index (χ0) is 17.0. The topological polar surface area (TPSA) is 65.5 Å². The second-order valence-corrected chi connectivity index (χ2v) is 5.99. The number of nitrogens with zero attached hydrogens (tertiary/aromatic N) is 2. The van der Waals surface area contributed by atoms with E-state index in [1.165, 1.54) is 6.07 Å². The van der Waals surface area contributed by atoms with Crippen molar-refractivity contribution in [2.45, 2.75) is 26.4 Å². The number of halogens is 1. The molecule has 0 amide bonds. The van der Waals surface area contributed by atoms with Gasteiger partial charge < -0.3 is 15.3 Å². The summed E-state index contributed by atoms with van der Waals surface area (Å²) in [5.74, 6) is -0.121. The van der Waals surface area contributed by atoms with Gasteiger partial charge in [-0.05, 0) is 43.7 Å². The standard InChI is InChI=1S/C17H20ClN3O2/c1-11(2)21(3)16-7-4-12(10-20-16)9-19-13-5-6-15(18)14(8-13)17(22)23/h4-8,10-11,19H,9H2,1-3H3,(H,22,23). The average Bonchev–Trinajstić information content (AvgIpc) is 2.53. The number of aromatic nitrogens is 1. The largest absolute Gasteiger partial charge is 0.478 e. The van der Waals surface area contributed by atoms with E-state index in [4.69, 9.17) is 16.7 Å². The quantitative estimate of drug-likeness (QED) is 0.839. The van der Waals surface area contributed by atoms with Gasteiger partial charge in [-0.2, -0.15) is 0 Å². The molecular formula is C17H20ClN3O2. The summed E-state index contributed by atoms with van der Waals surface area (Å²) in [6, 6.07) is 9.22. The zero-order valence-corrected chi connectivity index (χ0v) is 14.1. The number of aromatic carboxylic acids is 1. The van der Waals surface area contributed by atoms with Crippen molar-refractivity contribution >= 4 is 29.1 Å². The number of nitrogens with one attached hydrogen (secondary N) is 1. The van der Waals surface area contributed by atoms with Gasteiger partial charge in [-0.15, -0.1) is 0 Å². The number of pyridine rings is 1. The first-order valence-electron chi connectivity index (χ1n) is 7.33. The van der Waals surface area contributed by atoms with Gasteiger partial charge in [0.25, 0.3) is 0 Å². The molecule has 0 aliphatic heterocycles. The molecule has 0 bridgehead atoms. The number of carboxylic acids is 1. The molecule has 0 unspecified atom stereocenters. The second-order valence-electron chi connectivity index (χ2n) is 5.58. The van der Waals surface area contributed by atoms with E-state index in [0.717, 1.165) is 11.4 Å². The predicted molar refractivity (Wildman–Crippen MR) is 93.5 cm³/mol. The van der Waals surface area contributed by atoms with Gasteiger partial charge in [-0.1, -0.05) is 17.7 Å². The second kappa shape index (κ2) is 7.33. The smallest absolute Gasteiger partial charge is 0.337 e. The lowest BCUT2D eigenvalue weighted by Crippen LogP contribution is -2.26. The maximum atomic E-state index is 11.1. The SMILES string of the molecule is CC(C)N(C)c1ccc(CNc2ccc(Cl)c(C(=O)O)c2)cn1. The fourth-order valence-electron chi connectivity index (χ4n) is 2.00. The molecule has 0 aliphatic rings. The average molecular weight is 334 g/mol. The first-order chi connectivity index (χ1) is 10.9. The molecule has 23 heavy (non-hydrogen) atoms. The molecule has 0 fully saturated rings. The van der Waals surface area contributed by atoms with Gasteiger partial charge in [0.2, 0.25) is 0 Å². The van der Waals surface area contributed by atoms with Crippen LogP contribution in [0.25, 0.3) is 0 Å². The summed E-state index contributed by atoms with van der Waals surface area (Å²) in [7, 11) is 2.01. The fourth-order valence-corrected chi connectivity index (χ4v) is 2.20. The highest BCUT2D eigenvalue weighted by Crippen LogP contribution is 2.21. The minimum atomic E-state index is -1.04. The molecule has 0 spiro atoms. The molecule has 0 aliphatic carbocycles. The van der Waals surface area contributed by atoms with Gasteiger partial charge in [0, 0.05) is 31.5 Å². The Morgan fingerprint density at radius 2 is 2.09 bits per heavy atom. The molecule has 1 heterocycles. The summed E-state index contributed by atoms with van der Waals surface area (Å²) < 4.78 is 0. The Balaban J connectivity index is 2.04. The third-order valence-corrected chi connectivity index (χ3v) is 3.97. The van der Waals surface area contributed by atoms with Gasteiger partial charge in [-0.3, -0.25) is 0 Å². The fraction of sp³-hybridized carbons (Fsp3) is 0.294. The summed E-state index contributed by atoms with van der Waals surface area (Å²) in [5, 5.41) is 12.5. The summed E-state index contributed by atoms with van der Waals surface area (Å²) in [6.07, 6.45) is 1.81. The van der Waals surface area contributed by atoms with E-state index in [0.29, 0.717) is 18.3 Å². The Morgan fingerprint density at radius 3 is 2.65 bits per heavy atom. The number of carbonyl (C=O) groups is 1. The van der Waals surface area contributed by atoms with Crippen molar-refractivity contribution < 1.29 is 9.90 Å². The minimum absolute atomic E-state index is 0.0868. The number of anilines is 2. The van der Waals surface area contributed by atoms with Crippen molar-refractivity contribution in [3.8, 4) is 0 Å². The van der Waals surface area contributed by atoms with E-state index in [1.54, 1.807) is 12.1 Å². The number of hydrogen-bond donors (Lipinski definition) is 2. The van der Waals surface area contributed by atoms with Crippen LogP contribution in [0.1, 0.15) is 29.8 Å². The molecule has 0 saturated carbocycles. The van der Waals surface area contributed by atoms with E-state index in [9.17, 15) is 4.79 Å². The lowest BCUT2D eigenvalue weighted by Gasteiger charge is -2.22. The molecule has 6 heteroatoms. The molecule has 1 aromatic carbocycles. The van der Waals surface area contributed by atoms with Crippen LogP contribution in [-0.4, -0.2) is 29.1 Å². The highest BCUT2D eigenvalue weighted by Gasteiger charge is 2.09. The maximum absolute atomic E-state index is 11.1. The van der Waals surface area contributed by atoms with Crippen molar-refractivity contribution in [3.63, 3.8) is 0 Å². The molecule has 2 rings (SSSR count). The summed E-state index contributed by atoms with van der Waals surface area (Å²) >= 11 is 5.86. The van der Waals surface area contributed by atoms with Gasteiger partial charge in [-0.25, -0.2) is 9.78 Å². The van der Waals surface area contributed by atoms with Crippen LogP contribution in [0.5, 0.6) is 0 Å². The normalized spacial score (nSPS) is 10.7. The van der Waals surface area contributed by atoms with E-state index < -0.39 is 5.97 Å². The third-order valence-electron chi connectivity index (χ3n) is 3.64. The van der Waals surface area contributed by atoms with Gasteiger partial charge in [0.1, 0.15) is 5.82 Å². The lowest BCUT2D eigenvalue weighted by atomic mass is 10.2. The van der Waals surface area contributed by atoms with Gasteiger partial charge >= 0.3 is 5.97 Å². The van der Waals surface area contributed by atoms with E-state index >= 15 is 0 Å². The molecule has 0 radical (unpaired) electrons. The first kappa shape index (κ1) is 17.1. The molecule has 122 valence electrons. The lowest BCUT2D eigenvalue weighted by molar-refractivity contribution is 0.0697. The maximum Gasteiger partial charge on any atom is 0.337 e. The first-order valence-corrected chi connectivity index (χ1v) is 7.70. The Hall–Kier alpha value is -2.27. The van der Waals surface area contributed by atoms with Crippen molar-refractivity contribution in [3.05, 3.63) is 52.7 Å². The van der Waals surface area contributed by atoms with Crippen molar-refractivity contribution in [2.75, 3.05) is 17.3 Å². The predicted octanol–water partition coefficient (Wildman–Crippen LogP) is 3.89. The Kier molecular flexibility index (Phi) is 5.45. The van der Waals surface area contributed by atoms with E-state index in [2.05, 4.69) is 29.0 Å². The number of carboxylic acid groups (broad SMARTS) is 1. The van der Waals surface area contributed by atoms with Gasteiger partial charge in [0.05, 0.1) is 10.6 Å². The van der Waals surface area contributed by atoms with Crippen LogP contribution in [0, 0.1) is 0 Å². The molecule has 0 atom stereocenters. The highest BCUT2D eigenvalue weighted by atomic mass is 35.5. The van der Waals surface area contributed by atoms with Crippen LogP contribution in [0.2, 0.25) is 5.02 Å². The Morgan fingerprint density at radius 1 is 1.35 bits per heavy atom. The van der Waals surface area contributed by atoms with Crippen LogP contribution in [-0.2, 0) is 6.54 Å². The van der Waals surface area contributed by atoms with Crippen molar-refractivity contribution in [1.29, 1.82) is 0 Å². The van der Waals surface area contributed by atoms with Crippen LogP contribution in [0.3, 0.4) is 0 Å². The number of hydrogen-bond acceptors (Lipinski definition) is 4. The Labute approximate surface area is 140 Å². The minimum Gasteiger partial charge on any atom is -0.478 e. The van der Waals surface area contributed by atoms with Crippen LogP contribution < -0.4 is 10.2 Å². The summed E-state index contributed by atoms with van der Waals surface area (Å²) in [4.78, 5) is 17.6. The summed E-state index contributed by atoms with van der Waals surface area (Å²) in [5.41, 5.74) is 1.80. The van der Waals surface area contributed by atoms with Crippen LogP contribution in [0.15, 0.2) is 36.5 Å². The van der Waals surface area contributed by atoms with E-state index in [1.807, 2.05) is 25.4 Å². The third kappa shape index (κ3) is 4.36. The molecular weight excluding hydrogens is 314 g/mol. The van der Waals surface area contributed by atoms with Crippen molar-refractivity contribution in [1.82, 2.24) is 4.98 Å². The molecule has 2 aromatic rings. The van der Waals surface area contributed by atoms with Crippen LogP contribution >= 0.6 is 11.6 Å². The number of benzene rings is 1. The van der Waals surface area contributed by atoms with Gasteiger partial charge in [0.15, 0.2) is 0 Å².